The average Bonchev–Trinajstić information content (AvgIpc) is 3.38. The van der Waals surface area contributed by atoms with E-state index in [9.17, 15) is 9.28 Å². The first-order chi connectivity index (χ1) is 15.8. The van der Waals surface area contributed by atoms with Crippen LogP contribution in [0.4, 0.5) is 10.2 Å². The van der Waals surface area contributed by atoms with E-state index in [-0.39, 0.29) is 35.8 Å². The van der Waals surface area contributed by atoms with Gasteiger partial charge in [0.1, 0.15) is 11.9 Å². The number of imidazole rings is 1. The molecule has 33 heavy (non-hydrogen) atoms. The predicted molar refractivity (Wildman–Crippen MR) is 122 cm³/mol. The summed E-state index contributed by atoms with van der Waals surface area (Å²) in [5.41, 5.74) is 1.59. The minimum Gasteiger partial charge on any atom is -0.366 e. The van der Waals surface area contributed by atoms with Gasteiger partial charge in [-0.25, -0.2) is 13.9 Å². The molecule has 1 fully saturated rings. The largest absolute Gasteiger partial charge is 0.366 e. The number of anilines is 1. The number of fused-ring (bicyclic) bond motifs is 1. The number of halogens is 2. The molecule has 2 aromatic heterocycles. The molecule has 1 aliphatic heterocycles. The van der Waals surface area contributed by atoms with E-state index in [1.54, 1.807) is 28.9 Å². The molecule has 4 rings (SSSR count). The minimum absolute atomic E-state index is 0.00158. The fourth-order valence-electron chi connectivity index (χ4n) is 3.66. The van der Waals surface area contributed by atoms with Crippen molar-refractivity contribution in [3.8, 4) is 0 Å². The minimum atomic E-state index is -2.20. The zero-order valence-electron chi connectivity index (χ0n) is 17.5. The zero-order chi connectivity index (χ0) is 23.5. The topological polar surface area (TPSA) is 134 Å². The molecule has 4 N–H and O–H groups in total. The van der Waals surface area contributed by atoms with Gasteiger partial charge in [-0.15, -0.1) is 5.10 Å². The van der Waals surface area contributed by atoms with Gasteiger partial charge in [-0.2, -0.15) is 4.98 Å². The molecule has 14 heteroatoms. The van der Waals surface area contributed by atoms with Gasteiger partial charge in [0.05, 0.1) is 36.5 Å². The molecule has 3 unspecified atom stereocenters. The zero-order valence-corrected chi connectivity index (χ0v) is 20.1. The fourth-order valence-corrected chi connectivity index (χ4v) is 5.35. The summed E-state index contributed by atoms with van der Waals surface area (Å²) in [5.74, 6) is -0.137. The Labute approximate surface area is 196 Å². The highest BCUT2D eigenvalue weighted by Gasteiger charge is 2.31. The Morgan fingerprint density at radius 3 is 2.88 bits per heavy atom. The highest BCUT2D eigenvalue weighted by molar-refractivity contribution is 7.63. The average molecular weight is 518 g/mol. The van der Waals surface area contributed by atoms with Gasteiger partial charge in [0.25, 0.3) is 0 Å². The van der Waals surface area contributed by atoms with Crippen molar-refractivity contribution in [2.45, 2.75) is 38.0 Å². The van der Waals surface area contributed by atoms with Crippen LogP contribution in [0.2, 0.25) is 5.28 Å². The molecule has 0 spiro atoms. The van der Waals surface area contributed by atoms with Crippen molar-refractivity contribution in [1.29, 1.82) is 0 Å². The molecule has 0 amide bonds. The lowest BCUT2D eigenvalue weighted by Crippen LogP contribution is -2.15. The molecular formula is C19H23ClFN5O5P2. The molecule has 1 aliphatic rings. The van der Waals surface area contributed by atoms with Crippen LogP contribution in [0.25, 0.3) is 5.65 Å². The quantitative estimate of drug-likeness (QED) is 0.312. The van der Waals surface area contributed by atoms with Crippen LogP contribution in [0.15, 0.2) is 30.5 Å². The molecule has 0 aliphatic carbocycles. The van der Waals surface area contributed by atoms with Crippen LogP contribution >= 0.6 is 28.4 Å². The van der Waals surface area contributed by atoms with Crippen LogP contribution in [-0.2, 0) is 9.26 Å². The Hall–Kier alpha value is -1.55. The van der Waals surface area contributed by atoms with Crippen molar-refractivity contribution in [3.63, 3.8) is 0 Å². The molecule has 178 valence electrons. The third-order valence-electron chi connectivity index (χ3n) is 5.18. The monoisotopic (exact) mass is 517 g/mol. The number of hydrogen-bond acceptors (Lipinski definition) is 9. The fraction of sp³-hybridized carbons (Fsp3) is 0.421. The molecule has 0 bridgehead atoms. The highest BCUT2D eigenvalue weighted by atomic mass is 35.5. The summed E-state index contributed by atoms with van der Waals surface area (Å²) in [7, 11) is -4.11. The number of hydrogen-bond donors (Lipinski definition) is 4. The second kappa shape index (κ2) is 10.8. The third-order valence-corrected chi connectivity index (χ3v) is 7.77. The Morgan fingerprint density at radius 1 is 1.33 bits per heavy atom. The summed E-state index contributed by atoms with van der Waals surface area (Å²) in [6, 6.07) is 6.09. The lowest BCUT2D eigenvalue weighted by atomic mass is 10.1. The second-order valence-electron chi connectivity index (χ2n) is 7.52. The van der Waals surface area contributed by atoms with Gasteiger partial charge in [-0.05, 0) is 37.4 Å². The summed E-state index contributed by atoms with van der Waals surface area (Å²) in [6.45, 7) is 1.95. The van der Waals surface area contributed by atoms with Gasteiger partial charge >= 0.3 is 0 Å². The van der Waals surface area contributed by atoms with E-state index in [1.807, 2.05) is 6.92 Å². The molecule has 1 saturated heterocycles. The van der Waals surface area contributed by atoms with Gasteiger partial charge in [-0.1, -0.05) is 18.2 Å². The smallest absolute Gasteiger partial charge is 0.243 e. The van der Waals surface area contributed by atoms with Crippen LogP contribution in [0.3, 0.4) is 0 Å². The molecule has 1 aromatic carbocycles. The van der Waals surface area contributed by atoms with E-state index in [2.05, 4.69) is 20.4 Å². The summed E-state index contributed by atoms with van der Waals surface area (Å²) in [4.78, 5) is 36.3. The Morgan fingerprint density at radius 2 is 2.12 bits per heavy atom. The maximum Gasteiger partial charge on any atom is 0.243 e. The van der Waals surface area contributed by atoms with Gasteiger partial charge in [0.2, 0.25) is 5.28 Å². The predicted octanol–water partition coefficient (Wildman–Crippen LogP) is 3.88. The number of ether oxygens (including phenoxy) is 1. The Kier molecular flexibility index (Phi) is 8.04. The number of benzene rings is 1. The second-order valence-corrected chi connectivity index (χ2v) is 10.7. The van der Waals surface area contributed by atoms with E-state index >= 15 is 0 Å². The van der Waals surface area contributed by atoms with Crippen molar-refractivity contribution >= 4 is 39.8 Å². The molecule has 10 nitrogen and oxygen atoms in total. The Bertz CT molecular complexity index is 1110. The molecule has 0 radical (unpaired) electrons. The van der Waals surface area contributed by atoms with Crippen molar-refractivity contribution in [2.75, 3.05) is 17.8 Å². The number of nitrogens with one attached hydrogen (secondary N) is 1. The number of aromatic nitrogens is 4. The molecular weight excluding hydrogens is 495 g/mol. The van der Waals surface area contributed by atoms with Gasteiger partial charge in [0, 0.05) is 5.56 Å². The lowest BCUT2D eigenvalue weighted by molar-refractivity contribution is 0.0151. The maximum atomic E-state index is 14.2. The van der Waals surface area contributed by atoms with Gasteiger partial charge in [-0.3, -0.25) is 0 Å². The van der Waals surface area contributed by atoms with E-state index in [1.165, 1.54) is 6.07 Å². The normalized spacial score (nSPS) is 20.5. The van der Waals surface area contributed by atoms with Crippen molar-refractivity contribution in [3.05, 3.63) is 52.8 Å². The van der Waals surface area contributed by atoms with Crippen LogP contribution < -0.4 is 5.32 Å². The summed E-state index contributed by atoms with van der Waals surface area (Å²) in [5, 5.41) is 7.42. The van der Waals surface area contributed by atoms with E-state index in [4.69, 9.17) is 30.6 Å². The third kappa shape index (κ3) is 5.93. The van der Waals surface area contributed by atoms with E-state index in [0.29, 0.717) is 35.6 Å². The SMILES string of the molecule is CC(Nc1nc(Cl)nn2c([C@H]3CCC(COP(O)CP(O)O)O3)cnc12)c1ccccc1F. The first-order valence-corrected chi connectivity index (χ1v) is 13.3. The molecule has 3 aromatic rings. The standard InChI is InChI=1S/C19H23ClFN5O5P2/c1-11(13-4-2-3-5-14(13)21)23-17-18-22-8-15(26(18)25-19(20)24-17)16-7-6-12(31-16)9-30-33(29)10-32(27)28/h2-5,8,11-12,16,27-29H,6-7,9-10H2,1H3,(H,23,24,25)/t11?,12?,16-,33?/m1/s1. The first-order valence-electron chi connectivity index (χ1n) is 10.1. The van der Waals surface area contributed by atoms with Crippen molar-refractivity contribution in [2.24, 2.45) is 0 Å². The van der Waals surface area contributed by atoms with E-state index < -0.39 is 22.8 Å². The van der Waals surface area contributed by atoms with Crippen LogP contribution in [-0.4, -0.2) is 52.9 Å². The van der Waals surface area contributed by atoms with Crippen LogP contribution in [0, 0.1) is 5.82 Å². The number of rotatable bonds is 9. The lowest BCUT2D eigenvalue weighted by Gasteiger charge is -2.17. The Balaban J connectivity index is 1.48. The number of nitrogens with zero attached hydrogens (tertiary/aromatic N) is 4. The van der Waals surface area contributed by atoms with Crippen molar-refractivity contribution < 1.29 is 28.3 Å². The molecule has 0 saturated carbocycles. The highest BCUT2D eigenvalue weighted by Crippen LogP contribution is 2.44. The van der Waals surface area contributed by atoms with E-state index in [0.717, 1.165) is 0 Å². The summed E-state index contributed by atoms with van der Waals surface area (Å²) < 4.78 is 27.1. The van der Waals surface area contributed by atoms with Gasteiger partial charge < -0.3 is 29.3 Å². The molecule has 4 atom stereocenters. The summed E-state index contributed by atoms with van der Waals surface area (Å²) >= 11 is 6.16. The van der Waals surface area contributed by atoms with Crippen LogP contribution in [0.1, 0.15) is 43.2 Å². The molecule has 3 heterocycles. The first kappa shape index (κ1) is 24.6. The maximum absolute atomic E-state index is 14.2. The van der Waals surface area contributed by atoms with Crippen LogP contribution in [0.5, 0.6) is 0 Å². The van der Waals surface area contributed by atoms with Crippen molar-refractivity contribution in [1.82, 2.24) is 19.6 Å². The summed E-state index contributed by atoms with van der Waals surface area (Å²) in [6.07, 6.45) is 2.40. The van der Waals surface area contributed by atoms with Gasteiger partial charge in [0.15, 0.2) is 28.2 Å².